The van der Waals surface area contributed by atoms with E-state index in [1.807, 2.05) is 0 Å². The van der Waals surface area contributed by atoms with Crippen molar-refractivity contribution in [3.05, 3.63) is 11.8 Å². The number of Topliss-reactive ketones (excluding diaryl/α,β-unsaturated/α-hetero) is 1. The fourth-order valence-corrected chi connectivity index (χ4v) is 2.78. The molecule has 0 spiro atoms. The normalized spacial score (nSPS) is 19.2. The maximum absolute atomic E-state index is 11.7. The van der Waals surface area contributed by atoms with Crippen molar-refractivity contribution in [1.82, 2.24) is 9.97 Å². The number of carbonyl (C=O) groups is 1. The molecule has 2 aliphatic heterocycles. The van der Waals surface area contributed by atoms with Gasteiger partial charge in [-0.25, -0.2) is 4.98 Å². The van der Waals surface area contributed by atoms with E-state index in [0.717, 1.165) is 37.9 Å². The van der Waals surface area contributed by atoms with E-state index in [9.17, 15) is 4.79 Å². The van der Waals surface area contributed by atoms with E-state index in [2.05, 4.69) is 26.0 Å². The van der Waals surface area contributed by atoms with Crippen LogP contribution in [0.2, 0.25) is 0 Å². The first-order valence-corrected chi connectivity index (χ1v) is 7.06. The number of ketones is 1. The number of carbonyl (C=O) groups excluding carboxylic acids is 1. The van der Waals surface area contributed by atoms with Crippen molar-refractivity contribution in [2.75, 3.05) is 36.0 Å². The molecular weight excluding hydrogens is 240 g/mol. The first-order chi connectivity index (χ1) is 9.25. The standard InChI is InChI=1S/C14H19N4O/c1-11(19)12-10-15-14(18-8-4-5-9-18)16-13(12)17-6-2-3-7-17/h2-9H2,1H3. The van der Waals surface area contributed by atoms with Gasteiger partial charge in [0.05, 0.1) is 5.56 Å². The summed E-state index contributed by atoms with van der Waals surface area (Å²) in [4.78, 5) is 25.0. The largest absolute Gasteiger partial charge is 0.356 e. The molecule has 5 heteroatoms. The molecule has 0 amide bonds. The van der Waals surface area contributed by atoms with Gasteiger partial charge >= 0.3 is 0 Å². The Bertz CT molecular complexity index is 476. The Labute approximate surface area is 113 Å². The molecule has 3 heterocycles. The summed E-state index contributed by atoms with van der Waals surface area (Å²) < 4.78 is 0. The minimum absolute atomic E-state index is 0.00475. The van der Waals surface area contributed by atoms with Crippen LogP contribution in [0.15, 0.2) is 0 Å². The highest BCUT2D eigenvalue weighted by molar-refractivity contribution is 5.98. The molecule has 0 bridgehead atoms. The van der Waals surface area contributed by atoms with Gasteiger partial charge in [-0.05, 0) is 32.6 Å². The molecule has 19 heavy (non-hydrogen) atoms. The predicted molar refractivity (Wildman–Crippen MR) is 73.8 cm³/mol. The van der Waals surface area contributed by atoms with Crippen LogP contribution in [0, 0.1) is 6.20 Å². The number of hydrogen-bond acceptors (Lipinski definition) is 5. The van der Waals surface area contributed by atoms with Crippen molar-refractivity contribution in [1.29, 1.82) is 0 Å². The van der Waals surface area contributed by atoms with E-state index >= 15 is 0 Å². The molecule has 0 unspecified atom stereocenters. The molecule has 5 nitrogen and oxygen atoms in total. The van der Waals surface area contributed by atoms with Crippen LogP contribution < -0.4 is 9.80 Å². The molecule has 2 fully saturated rings. The van der Waals surface area contributed by atoms with Crippen LogP contribution in [0.4, 0.5) is 11.8 Å². The Kier molecular flexibility index (Phi) is 3.36. The van der Waals surface area contributed by atoms with Crippen LogP contribution in [0.1, 0.15) is 43.0 Å². The van der Waals surface area contributed by atoms with Gasteiger partial charge < -0.3 is 9.80 Å². The van der Waals surface area contributed by atoms with Crippen molar-refractivity contribution >= 4 is 17.5 Å². The number of nitrogens with zero attached hydrogens (tertiary/aromatic N) is 4. The molecule has 0 aromatic carbocycles. The first-order valence-electron chi connectivity index (χ1n) is 7.06. The number of rotatable bonds is 3. The summed E-state index contributed by atoms with van der Waals surface area (Å²) in [5.41, 5.74) is 0.532. The lowest BCUT2D eigenvalue weighted by Crippen LogP contribution is -2.26. The van der Waals surface area contributed by atoms with Crippen molar-refractivity contribution in [2.24, 2.45) is 0 Å². The van der Waals surface area contributed by atoms with E-state index in [-0.39, 0.29) is 5.78 Å². The average Bonchev–Trinajstić information content (AvgIpc) is 3.11. The third-order valence-corrected chi connectivity index (χ3v) is 3.84. The van der Waals surface area contributed by atoms with Gasteiger partial charge in [-0.3, -0.25) is 4.79 Å². The molecule has 0 atom stereocenters. The zero-order valence-corrected chi connectivity index (χ0v) is 11.4. The van der Waals surface area contributed by atoms with Crippen LogP contribution in [0.5, 0.6) is 0 Å². The van der Waals surface area contributed by atoms with Crippen LogP contribution in [0.3, 0.4) is 0 Å². The lowest BCUT2D eigenvalue weighted by Gasteiger charge is -2.22. The van der Waals surface area contributed by atoms with Crippen molar-refractivity contribution in [3.63, 3.8) is 0 Å². The number of aromatic nitrogens is 2. The molecule has 1 aromatic rings. The second kappa shape index (κ2) is 5.15. The quantitative estimate of drug-likeness (QED) is 0.773. The van der Waals surface area contributed by atoms with Crippen molar-refractivity contribution < 1.29 is 4.79 Å². The summed E-state index contributed by atoms with van der Waals surface area (Å²) in [6.45, 7) is 5.53. The SMILES string of the molecule is CC(=O)c1[c]nc(N2CCCC2)nc1N1CCCC1. The lowest BCUT2D eigenvalue weighted by atomic mass is 10.2. The van der Waals surface area contributed by atoms with Crippen LogP contribution in [-0.4, -0.2) is 41.9 Å². The zero-order chi connectivity index (χ0) is 13.2. The number of anilines is 2. The van der Waals surface area contributed by atoms with Gasteiger partial charge in [0.1, 0.15) is 12.0 Å². The maximum atomic E-state index is 11.7. The van der Waals surface area contributed by atoms with Crippen LogP contribution in [0.25, 0.3) is 0 Å². The molecule has 2 saturated heterocycles. The van der Waals surface area contributed by atoms with Gasteiger partial charge in [0, 0.05) is 26.2 Å². The van der Waals surface area contributed by atoms with E-state index in [1.165, 1.54) is 25.7 Å². The Morgan fingerprint density at radius 3 is 2.21 bits per heavy atom. The summed E-state index contributed by atoms with van der Waals surface area (Å²) in [6, 6.07) is 0. The minimum Gasteiger partial charge on any atom is -0.356 e. The smallest absolute Gasteiger partial charge is 0.227 e. The summed E-state index contributed by atoms with van der Waals surface area (Å²) >= 11 is 0. The van der Waals surface area contributed by atoms with Gasteiger partial charge in [0.25, 0.3) is 0 Å². The Balaban J connectivity index is 1.96. The summed E-state index contributed by atoms with van der Waals surface area (Å²) in [5, 5.41) is 0. The third kappa shape index (κ3) is 2.41. The monoisotopic (exact) mass is 259 g/mol. The second-order valence-corrected chi connectivity index (χ2v) is 5.28. The molecule has 0 saturated carbocycles. The van der Waals surface area contributed by atoms with Crippen molar-refractivity contribution in [2.45, 2.75) is 32.6 Å². The molecule has 101 valence electrons. The highest BCUT2D eigenvalue weighted by Crippen LogP contribution is 2.25. The minimum atomic E-state index is -0.00475. The van der Waals surface area contributed by atoms with Gasteiger partial charge in [-0.1, -0.05) is 0 Å². The maximum Gasteiger partial charge on any atom is 0.227 e. The van der Waals surface area contributed by atoms with Gasteiger partial charge in [-0.15, -0.1) is 0 Å². The molecule has 1 aromatic heterocycles. The Morgan fingerprint density at radius 2 is 1.63 bits per heavy atom. The first kappa shape index (κ1) is 12.4. The van der Waals surface area contributed by atoms with E-state index in [4.69, 9.17) is 0 Å². The van der Waals surface area contributed by atoms with Gasteiger partial charge in [0.15, 0.2) is 5.78 Å². The molecule has 0 aliphatic carbocycles. The van der Waals surface area contributed by atoms with Gasteiger partial charge in [-0.2, -0.15) is 4.98 Å². The Hall–Kier alpha value is -1.65. The molecule has 2 aliphatic rings. The highest BCUT2D eigenvalue weighted by Gasteiger charge is 2.23. The summed E-state index contributed by atoms with van der Waals surface area (Å²) in [5.74, 6) is 1.50. The molecular formula is C14H19N4O. The van der Waals surface area contributed by atoms with Gasteiger partial charge in [0.2, 0.25) is 5.95 Å². The number of hydrogen-bond donors (Lipinski definition) is 0. The molecule has 0 N–H and O–H groups in total. The summed E-state index contributed by atoms with van der Waals surface area (Å²) in [7, 11) is 0. The fraction of sp³-hybridized carbons (Fsp3) is 0.643. The van der Waals surface area contributed by atoms with Crippen molar-refractivity contribution in [3.8, 4) is 0 Å². The van der Waals surface area contributed by atoms with Crippen LogP contribution in [-0.2, 0) is 0 Å². The van der Waals surface area contributed by atoms with E-state index in [0.29, 0.717) is 5.56 Å². The van der Waals surface area contributed by atoms with E-state index < -0.39 is 0 Å². The predicted octanol–water partition coefficient (Wildman–Crippen LogP) is 1.68. The lowest BCUT2D eigenvalue weighted by molar-refractivity contribution is 0.101. The topological polar surface area (TPSA) is 49.3 Å². The zero-order valence-electron chi connectivity index (χ0n) is 11.4. The van der Waals surface area contributed by atoms with E-state index in [1.54, 1.807) is 6.92 Å². The highest BCUT2D eigenvalue weighted by atomic mass is 16.1. The summed E-state index contributed by atoms with van der Waals surface area (Å²) in [6.07, 6.45) is 7.63. The fourth-order valence-electron chi connectivity index (χ4n) is 2.78. The van der Waals surface area contributed by atoms with Crippen LogP contribution >= 0.6 is 0 Å². The average molecular weight is 259 g/mol. The third-order valence-electron chi connectivity index (χ3n) is 3.84. The molecule has 3 rings (SSSR count). The second-order valence-electron chi connectivity index (χ2n) is 5.28. The molecule has 1 radical (unpaired) electrons. The Morgan fingerprint density at radius 1 is 1.05 bits per heavy atom.